The van der Waals surface area contributed by atoms with Crippen molar-refractivity contribution in [1.82, 2.24) is 4.57 Å². The first-order valence-electron chi connectivity index (χ1n) is 6.94. The SMILES string of the molecule is CC(C)Oc1ccc2c(c1)oc(=O)n2-c1c(Cl)cc(N)cc1Cl. The summed E-state index contributed by atoms with van der Waals surface area (Å²) in [7, 11) is 0. The lowest BCUT2D eigenvalue weighted by Gasteiger charge is -2.10. The summed E-state index contributed by atoms with van der Waals surface area (Å²) in [6.45, 7) is 3.83. The molecule has 0 fully saturated rings. The van der Waals surface area contributed by atoms with E-state index in [1.165, 1.54) is 16.7 Å². The predicted molar refractivity (Wildman–Crippen MR) is 92.0 cm³/mol. The minimum absolute atomic E-state index is 0.0160. The third-order valence-electron chi connectivity index (χ3n) is 3.19. The zero-order valence-corrected chi connectivity index (χ0v) is 14.0. The van der Waals surface area contributed by atoms with Crippen LogP contribution < -0.4 is 16.2 Å². The van der Waals surface area contributed by atoms with E-state index in [4.69, 9.17) is 38.1 Å². The van der Waals surface area contributed by atoms with E-state index in [-0.39, 0.29) is 16.1 Å². The molecule has 0 aliphatic rings. The van der Waals surface area contributed by atoms with Crippen LogP contribution in [-0.4, -0.2) is 10.7 Å². The molecule has 3 aromatic rings. The van der Waals surface area contributed by atoms with Crippen LogP contribution in [0.5, 0.6) is 5.75 Å². The summed E-state index contributed by atoms with van der Waals surface area (Å²) in [6.07, 6.45) is 0.0160. The number of oxazole rings is 1. The van der Waals surface area contributed by atoms with Gasteiger partial charge in [0.05, 0.1) is 27.4 Å². The number of hydrogen-bond donors (Lipinski definition) is 1. The molecule has 0 unspecified atom stereocenters. The molecule has 0 bridgehead atoms. The molecule has 0 radical (unpaired) electrons. The number of hydrogen-bond acceptors (Lipinski definition) is 4. The highest BCUT2D eigenvalue weighted by molar-refractivity contribution is 6.38. The maximum atomic E-state index is 12.3. The number of ether oxygens (including phenoxy) is 1. The highest BCUT2D eigenvalue weighted by Crippen LogP contribution is 2.33. The van der Waals surface area contributed by atoms with E-state index in [1.807, 2.05) is 13.8 Å². The molecule has 0 saturated heterocycles. The predicted octanol–water partition coefficient (Wildman–Crippen LogP) is 4.26. The van der Waals surface area contributed by atoms with Gasteiger partial charge in [0.15, 0.2) is 5.58 Å². The highest BCUT2D eigenvalue weighted by Gasteiger charge is 2.18. The second-order valence-corrected chi connectivity index (χ2v) is 6.15. The number of rotatable bonds is 3. The van der Waals surface area contributed by atoms with Crippen molar-refractivity contribution in [1.29, 1.82) is 0 Å². The molecule has 7 heteroatoms. The minimum atomic E-state index is -0.588. The smallest absolute Gasteiger partial charge is 0.424 e. The molecule has 2 aromatic carbocycles. The molecule has 23 heavy (non-hydrogen) atoms. The van der Waals surface area contributed by atoms with E-state index < -0.39 is 5.76 Å². The number of nitrogens with zero attached hydrogens (tertiary/aromatic N) is 1. The first-order valence-corrected chi connectivity index (χ1v) is 7.69. The molecule has 1 aromatic heterocycles. The van der Waals surface area contributed by atoms with Crippen molar-refractivity contribution in [3.8, 4) is 11.4 Å². The maximum Gasteiger partial charge on any atom is 0.424 e. The zero-order chi connectivity index (χ0) is 16.7. The fraction of sp³-hybridized carbons (Fsp3) is 0.188. The van der Waals surface area contributed by atoms with Gasteiger partial charge < -0.3 is 14.9 Å². The van der Waals surface area contributed by atoms with Crippen molar-refractivity contribution in [2.75, 3.05) is 5.73 Å². The lowest BCUT2D eigenvalue weighted by atomic mass is 10.2. The van der Waals surface area contributed by atoms with Gasteiger partial charge in [0.1, 0.15) is 5.75 Å². The largest absolute Gasteiger partial charge is 0.491 e. The topological polar surface area (TPSA) is 70.4 Å². The molecule has 0 aliphatic carbocycles. The molecule has 0 atom stereocenters. The number of fused-ring (bicyclic) bond motifs is 1. The monoisotopic (exact) mass is 352 g/mol. The Kier molecular flexibility index (Phi) is 4.00. The fourth-order valence-corrected chi connectivity index (χ4v) is 3.03. The lowest BCUT2D eigenvalue weighted by Crippen LogP contribution is -2.13. The maximum absolute atomic E-state index is 12.3. The Morgan fingerprint density at radius 2 is 1.83 bits per heavy atom. The van der Waals surface area contributed by atoms with Gasteiger partial charge in [0, 0.05) is 11.8 Å². The summed E-state index contributed by atoms with van der Waals surface area (Å²) < 4.78 is 12.2. The van der Waals surface area contributed by atoms with Crippen LogP contribution in [0.4, 0.5) is 5.69 Å². The quantitative estimate of drug-likeness (QED) is 0.715. The van der Waals surface area contributed by atoms with Crippen molar-refractivity contribution in [2.24, 2.45) is 0 Å². The van der Waals surface area contributed by atoms with Gasteiger partial charge in [-0.1, -0.05) is 23.2 Å². The van der Waals surface area contributed by atoms with Crippen LogP contribution in [0, 0.1) is 0 Å². The molecule has 5 nitrogen and oxygen atoms in total. The van der Waals surface area contributed by atoms with Crippen LogP contribution >= 0.6 is 23.2 Å². The van der Waals surface area contributed by atoms with Gasteiger partial charge in [0.25, 0.3) is 0 Å². The van der Waals surface area contributed by atoms with Crippen molar-refractivity contribution < 1.29 is 9.15 Å². The molecule has 0 saturated carbocycles. The average Bonchev–Trinajstić information content (AvgIpc) is 2.73. The molecule has 3 rings (SSSR count). The van der Waals surface area contributed by atoms with Gasteiger partial charge in [0.2, 0.25) is 0 Å². The second-order valence-electron chi connectivity index (χ2n) is 5.33. The van der Waals surface area contributed by atoms with Crippen LogP contribution in [0.2, 0.25) is 10.0 Å². The summed E-state index contributed by atoms with van der Waals surface area (Å²) in [5.41, 5.74) is 7.38. The molecule has 120 valence electrons. The number of anilines is 1. The minimum Gasteiger partial charge on any atom is -0.491 e. The molecule has 0 amide bonds. The molecule has 2 N–H and O–H groups in total. The van der Waals surface area contributed by atoms with Crippen LogP contribution in [0.25, 0.3) is 16.8 Å². The first kappa shape index (κ1) is 15.8. The van der Waals surface area contributed by atoms with Crippen LogP contribution in [0.1, 0.15) is 13.8 Å². The summed E-state index contributed by atoms with van der Waals surface area (Å²) in [5.74, 6) is 0.0261. The fourth-order valence-electron chi connectivity index (χ4n) is 2.35. The highest BCUT2D eigenvalue weighted by atomic mass is 35.5. The average molecular weight is 353 g/mol. The van der Waals surface area contributed by atoms with Crippen molar-refractivity contribution >= 4 is 40.0 Å². The van der Waals surface area contributed by atoms with E-state index in [0.717, 1.165) is 0 Å². The number of nitrogens with two attached hydrogens (primary N) is 1. The summed E-state index contributed by atoms with van der Waals surface area (Å²) in [6, 6.07) is 8.20. The summed E-state index contributed by atoms with van der Waals surface area (Å²) >= 11 is 12.4. The van der Waals surface area contributed by atoms with Crippen molar-refractivity contribution in [3.63, 3.8) is 0 Å². The van der Waals surface area contributed by atoms with Crippen LogP contribution in [-0.2, 0) is 0 Å². The standard InChI is InChI=1S/C16H14Cl2N2O3/c1-8(2)22-10-3-4-13-14(7-10)23-16(21)20(13)15-11(17)5-9(19)6-12(15)18/h3-8H,19H2,1-2H3. The van der Waals surface area contributed by atoms with E-state index in [2.05, 4.69) is 0 Å². The van der Waals surface area contributed by atoms with E-state index in [0.29, 0.717) is 28.2 Å². The van der Waals surface area contributed by atoms with Crippen molar-refractivity contribution in [3.05, 3.63) is 50.9 Å². The van der Waals surface area contributed by atoms with Gasteiger partial charge >= 0.3 is 5.76 Å². The van der Waals surface area contributed by atoms with Gasteiger partial charge in [-0.05, 0) is 38.1 Å². The van der Waals surface area contributed by atoms with Crippen molar-refractivity contribution in [2.45, 2.75) is 20.0 Å². The van der Waals surface area contributed by atoms with Gasteiger partial charge in [-0.2, -0.15) is 0 Å². The normalized spacial score (nSPS) is 11.3. The number of benzene rings is 2. The Morgan fingerprint density at radius 1 is 1.17 bits per heavy atom. The number of nitrogen functional groups attached to an aromatic ring is 1. The van der Waals surface area contributed by atoms with E-state index >= 15 is 0 Å². The summed E-state index contributed by atoms with van der Waals surface area (Å²) in [5, 5.41) is 0.532. The van der Waals surface area contributed by atoms with Crippen LogP contribution in [0.15, 0.2) is 39.5 Å². The van der Waals surface area contributed by atoms with Crippen LogP contribution in [0.3, 0.4) is 0 Å². The third kappa shape index (κ3) is 2.90. The zero-order valence-electron chi connectivity index (χ0n) is 12.5. The molecule has 0 aliphatic heterocycles. The second kappa shape index (κ2) is 5.83. The molecule has 1 heterocycles. The Morgan fingerprint density at radius 3 is 2.43 bits per heavy atom. The first-order chi connectivity index (χ1) is 10.9. The Bertz CT molecular complexity index is 921. The van der Waals surface area contributed by atoms with E-state index in [1.54, 1.807) is 18.2 Å². The van der Waals surface area contributed by atoms with Gasteiger partial charge in [-0.25, -0.2) is 9.36 Å². The molecule has 0 spiro atoms. The van der Waals surface area contributed by atoms with E-state index in [9.17, 15) is 4.79 Å². The van der Waals surface area contributed by atoms with Gasteiger partial charge in [-0.15, -0.1) is 0 Å². The Balaban J connectivity index is 2.23. The number of halogens is 2. The Labute approximate surface area is 142 Å². The summed E-state index contributed by atoms with van der Waals surface area (Å²) in [4.78, 5) is 12.3. The van der Waals surface area contributed by atoms with Gasteiger partial charge in [-0.3, -0.25) is 0 Å². The number of aromatic nitrogens is 1. The molecular formula is C16H14Cl2N2O3. The lowest BCUT2D eigenvalue weighted by molar-refractivity contribution is 0.242. The molecular weight excluding hydrogens is 339 g/mol. The third-order valence-corrected chi connectivity index (χ3v) is 3.76. The Hall–Kier alpha value is -2.11.